The number of anilines is 1. The third-order valence-electron chi connectivity index (χ3n) is 14.0. The lowest BCUT2D eigenvalue weighted by molar-refractivity contribution is -0.136. The van der Waals surface area contributed by atoms with E-state index in [0.29, 0.717) is 24.8 Å². The van der Waals surface area contributed by atoms with Crippen molar-refractivity contribution in [2.75, 3.05) is 37.6 Å². The van der Waals surface area contributed by atoms with Crippen molar-refractivity contribution in [3.63, 3.8) is 0 Å². The Kier molecular flexibility index (Phi) is 8.96. The summed E-state index contributed by atoms with van der Waals surface area (Å²) in [7, 11) is 0. The Morgan fingerprint density at radius 2 is 1.43 bits per heavy atom. The molecule has 4 aromatic carbocycles. The van der Waals surface area contributed by atoms with E-state index in [-0.39, 0.29) is 47.8 Å². The van der Waals surface area contributed by atoms with E-state index in [1.807, 2.05) is 17.0 Å². The number of aryl methyl sites for hydroxylation is 1. The van der Waals surface area contributed by atoms with Crippen molar-refractivity contribution < 1.29 is 29.1 Å². The largest absolute Gasteiger partial charge is 0.508 e. The number of carbonyl (C=O) groups excluding carboxylic acids is 5. The van der Waals surface area contributed by atoms with Crippen molar-refractivity contribution in [3.8, 4) is 5.75 Å². The molecule has 2 N–H and O–H groups in total. The van der Waals surface area contributed by atoms with Gasteiger partial charge in [-0.15, -0.1) is 0 Å². The fraction of sp³-hybridized carbons (Fsp3) is 0.383. The van der Waals surface area contributed by atoms with Crippen LogP contribution in [0.15, 0.2) is 84.9 Å². The molecule has 3 fully saturated rings. The van der Waals surface area contributed by atoms with Gasteiger partial charge in [0, 0.05) is 57.3 Å². The summed E-state index contributed by atoms with van der Waals surface area (Å²) in [5, 5.41) is 12.5. The van der Waals surface area contributed by atoms with Crippen LogP contribution < -0.4 is 10.2 Å². The third kappa shape index (κ3) is 6.36. The number of fused-ring (bicyclic) bond motifs is 3. The highest BCUT2D eigenvalue weighted by atomic mass is 16.3. The molecule has 5 aliphatic heterocycles. The lowest BCUT2D eigenvalue weighted by Gasteiger charge is -2.40. The third-order valence-corrected chi connectivity index (χ3v) is 14.0. The molecule has 58 heavy (non-hydrogen) atoms. The summed E-state index contributed by atoms with van der Waals surface area (Å²) in [4.78, 5) is 72.0. The van der Waals surface area contributed by atoms with Gasteiger partial charge in [-0.05, 0) is 120 Å². The number of phenolic OH excluding ortho intramolecular Hbond substituents is 1. The fourth-order valence-electron chi connectivity index (χ4n) is 10.8. The molecule has 11 heteroatoms. The molecule has 5 amide bonds. The molecular formula is C47H47N5O6. The van der Waals surface area contributed by atoms with E-state index in [1.54, 1.807) is 12.1 Å². The van der Waals surface area contributed by atoms with Crippen LogP contribution in [0.5, 0.6) is 5.75 Å². The lowest BCUT2D eigenvalue weighted by Crippen LogP contribution is -2.54. The summed E-state index contributed by atoms with van der Waals surface area (Å²) in [6.07, 6.45) is 5.24. The Hall–Kier alpha value is -5.81. The molecule has 10 rings (SSSR count). The van der Waals surface area contributed by atoms with E-state index in [9.17, 15) is 29.1 Å². The molecule has 0 unspecified atom stereocenters. The second kappa shape index (κ2) is 14.2. The number of aromatic hydroxyl groups is 1. The molecule has 4 aromatic rings. The number of rotatable bonds is 6. The van der Waals surface area contributed by atoms with Crippen LogP contribution in [0, 0.1) is 5.41 Å². The average Bonchev–Trinajstić information content (AvgIpc) is 3.90. The van der Waals surface area contributed by atoms with Gasteiger partial charge in [0.1, 0.15) is 11.8 Å². The van der Waals surface area contributed by atoms with Crippen LogP contribution in [0.3, 0.4) is 0 Å². The van der Waals surface area contributed by atoms with Crippen molar-refractivity contribution in [1.82, 2.24) is 20.0 Å². The molecule has 6 aliphatic rings. The molecule has 1 spiro atoms. The topological polar surface area (TPSA) is 131 Å². The van der Waals surface area contributed by atoms with Crippen molar-refractivity contribution in [2.24, 2.45) is 5.41 Å². The van der Waals surface area contributed by atoms with Gasteiger partial charge in [0.2, 0.25) is 17.7 Å². The summed E-state index contributed by atoms with van der Waals surface area (Å²) in [6, 6.07) is 28.4. The van der Waals surface area contributed by atoms with Crippen molar-refractivity contribution >= 4 is 35.2 Å². The van der Waals surface area contributed by atoms with Crippen molar-refractivity contribution in [1.29, 1.82) is 0 Å². The Balaban J connectivity index is 0.752. The molecule has 3 atom stereocenters. The van der Waals surface area contributed by atoms with E-state index in [1.165, 1.54) is 27.9 Å². The minimum absolute atomic E-state index is 0.0794. The maximum Gasteiger partial charge on any atom is 0.262 e. The number of carbonyl (C=O) groups is 5. The molecule has 0 radical (unpaired) electrons. The van der Waals surface area contributed by atoms with Crippen molar-refractivity contribution in [3.05, 3.63) is 129 Å². The lowest BCUT2D eigenvalue weighted by atomic mass is 9.69. The molecule has 3 saturated heterocycles. The molecule has 0 bridgehead atoms. The second-order valence-corrected chi connectivity index (χ2v) is 17.3. The highest BCUT2D eigenvalue weighted by molar-refractivity contribution is 6.23. The van der Waals surface area contributed by atoms with Gasteiger partial charge in [-0.2, -0.15) is 0 Å². The van der Waals surface area contributed by atoms with Crippen LogP contribution in [0.2, 0.25) is 0 Å². The van der Waals surface area contributed by atoms with Gasteiger partial charge in [-0.3, -0.25) is 39.1 Å². The van der Waals surface area contributed by atoms with Crippen LogP contribution in [0.1, 0.15) is 104 Å². The summed E-state index contributed by atoms with van der Waals surface area (Å²) < 4.78 is 0. The molecule has 296 valence electrons. The molecule has 0 aromatic heterocycles. The zero-order chi connectivity index (χ0) is 39.7. The van der Waals surface area contributed by atoms with E-state index in [4.69, 9.17) is 0 Å². The second-order valence-electron chi connectivity index (χ2n) is 17.3. The predicted molar refractivity (Wildman–Crippen MR) is 216 cm³/mol. The average molecular weight is 778 g/mol. The Morgan fingerprint density at radius 1 is 0.741 bits per heavy atom. The van der Waals surface area contributed by atoms with Gasteiger partial charge in [0.05, 0.1) is 17.7 Å². The first-order chi connectivity index (χ1) is 28.1. The molecule has 5 heterocycles. The number of imide groups is 2. The fourth-order valence-corrected chi connectivity index (χ4v) is 10.8. The van der Waals surface area contributed by atoms with Gasteiger partial charge < -0.3 is 14.9 Å². The first kappa shape index (κ1) is 36.5. The van der Waals surface area contributed by atoms with E-state index < -0.39 is 29.7 Å². The highest BCUT2D eigenvalue weighted by Gasteiger charge is 2.46. The zero-order valence-electron chi connectivity index (χ0n) is 32.5. The van der Waals surface area contributed by atoms with Gasteiger partial charge in [-0.25, -0.2) is 0 Å². The number of piperidine rings is 2. The first-order valence-corrected chi connectivity index (χ1v) is 20.7. The Labute approximate surface area is 337 Å². The van der Waals surface area contributed by atoms with E-state index in [2.05, 4.69) is 75.8 Å². The Morgan fingerprint density at radius 3 is 2.12 bits per heavy atom. The number of amides is 5. The smallest absolute Gasteiger partial charge is 0.262 e. The normalized spacial score (nSPS) is 23.9. The van der Waals surface area contributed by atoms with Crippen LogP contribution in [-0.4, -0.2) is 88.1 Å². The SMILES string of the molecule is O=C1CC[C@@H](N2C(=O)c3cc4c(cc3C2=O)CN(CC(=O)N2CCC3(CC2)CCN(c2ccc([C@@H]5c6ccc(O)cc6CC[C@@H]5c5ccccc5)cc2)C3)C4)C(=O)N1. The number of nitrogens with one attached hydrogen (secondary N) is 1. The quantitative estimate of drug-likeness (QED) is 0.246. The van der Waals surface area contributed by atoms with Crippen LogP contribution in [0.25, 0.3) is 0 Å². The number of hydrogen-bond acceptors (Lipinski definition) is 8. The van der Waals surface area contributed by atoms with Gasteiger partial charge in [0.15, 0.2) is 0 Å². The summed E-state index contributed by atoms with van der Waals surface area (Å²) >= 11 is 0. The van der Waals surface area contributed by atoms with E-state index >= 15 is 0 Å². The van der Waals surface area contributed by atoms with Gasteiger partial charge in [0.25, 0.3) is 11.8 Å². The van der Waals surface area contributed by atoms with Crippen LogP contribution >= 0.6 is 0 Å². The molecule has 0 saturated carbocycles. The van der Waals surface area contributed by atoms with Gasteiger partial charge >= 0.3 is 0 Å². The number of phenols is 1. The monoisotopic (exact) mass is 777 g/mol. The minimum Gasteiger partial charge on any atom is -0.508 e. The minimum atomic E-state index is -0.992. The summed E-state index contributed by atoms with van der Waals surface area (Å²) in [5.41, 5.74) is 8.99. The molecule has 11 nitrogen and oxygen atoms in total. The molecular weight excluding hydrogens is 731 g/mol. The van der Waals surface area contributed by atoms with Crippen LogP contribution in [-0.2, 0) is 33.9 Å². The number of nitrogens with zero attached hydrogens (tertiary/aromatic N) is 4. The number of hydrogen-bond donors (Lipinski definition) is 2. The molecule has 1 aliphatic carbocycles. The maximum absolute atomic E-state index is 13.6. The Bertz CT molecular complexity index is 2310. The van der Waals surface area contributed by atoms with Crippen LogP contribution in [0.4, 0.5) is 5.69 Å². The summed E-state index contributed by atoms with van der Waals surface area (Å²) in [6.45, 7) is 4.73. The zero-order valence-corrected chi connectivity index (χ0v) is 32.5. The van der Waals surface area contributed by atoms with Crippen molar-refractivity contribution in [2.45, 2.75) is 75.9 Å². The van der Waals surface area contributed by atoms with Gasteiger partial charge in [-0.1, -0.05) is 48.5 Å². The van der Waals surface area contributed by atoms with E-state index in [0.717, 1.165) is 74.3 Å². The first-order valence-electron chi connectivity index (χ1n) is 20.7. The number of benzene rings is 4. The predicted octanol–water partition coefficient (Wildman–Crippen LogP) is 5.49. The number of likely N-dealkylation sites (tertiary alicyclic amines) is 1. The maximum atomic E-state index is 13.6. The standard InChI is InChI=1S/C47H47N5O6/c53-35-11-13-37-31(22-35)8-12-36(29-4-2-1-3-5-29)43(37)30-6-9-34(10-7-30)51-21-18-47(28-51)16-19-50(20-17-47)42(55)27-49-25-32-23-38-39(24-33(32)26-49)46(58)52(45(38)57)40-14-15-41(54)48-44(40)56/h1-7,9-11,13,22-24,36,40,43,53H,8,12,14-21,25-28H2,(H,48,54,56)/t36-,40-,43+/m1/s1. The summed E-state index contributed by atoms with van der Waals surface area (Å²) in [5.74, 6) is -1.04. The highest BCUT2D eigenvalue weighted by Crippen LogP contribution is 2.48.